The van der Waals surface area contributed by atoms with Crippen LogP contribution in [0.3, 0.4) is 0 Å². The van der Waals surface area contributed by atoms with Crippen LogP contribution in [0, 0.1) is 6.92 Å². The van der Waals surface area contributed by atoms with Gasteiger partial charge in [-0.15, -0.1) is 0 Å². The maximum absolute atomic E-state index is 11.5. The van der Waals surface area contributed by atoms with Crippen LogP contribution < -0.4 is 15.4 Å². The monoisotopic (exact) mass is 222 g/mol. The van der Waals surface area contributed by atoms with Gasteiger partial charge in [0, 0.05) is 6.54 Å². The van der Waals surface area contributed by atoms with Crippen molar-refractivity contribution in [1.82, 2.24) is 5.32 Å². The quantitative estimate of drug-likeness (QED) is 0.822. The molecule has 0 aliphatic carbocycles. The average Bonchev–Trinajstić information content (AvgIpc) is 2.27. The van der Waals surface area contributed by atoms with Gasteiger partial charge >= 0.3 is 6.03 Å². The van der Waals surface area contributed by atoms with Gasteiger partial charge in [0.25, 0.3) is 0 Å². The van der Waals surface area contributed by atoms with E-state index in [2.05, 4.69) is 10.6 Å². The zero-order chi connectivity index (χ0) is 12.0. The lowest BCUT2D eigenvalue weighted by atomic mass is 10.2. The summed E-state index contributed by atoms with van der Waals surface area (Å²) in [4.78, 5) is 11.5. The molecule has 0 radical (unpaired) electrons. The third-order valence-corrected chi connectivity index (χ3v) is 2.14. The maximum atomic E-state index is 11.5. The predicted octanol–water partition coefficient (Wildman–Crippen LogP) is 2.54. The number of ether oxygens (including phenoxy) is 1. The molecule has 88 valence electrons. The smallest absolute Gasteiger partial charge is 0.319 e. The summed E-state index contributed by atoms with van der Waals surface area (Å²) in [6.07, 6.45) is 0.915. The Bertz CT molecular complexity index is 364. The van der Waals surface area contributed by atoms with Gasteiger partial charge in [0.05, 0.1) is 12.8 Å². The third kappa shape index (κ3) is 3.46. The maximum Gasteiger partial charge on any atom is 0.319 e. The Balaban J connectivity index is 2.71. The molecular weight excluding hydrogens is 204 g/mol. The fraction of sp³-hybridized carbons (Fsp3) is 0.417. The summed E-state index contributed by atoms with van der Waals surface area (Å²) in [6, 6.07) is 5.45. The lowest BCUT2D eigenvalue weighted by Gasteiger charge is -2.11. The Labute approximate surface area is 96.0 Å². The zero-order valence-electron chi connectivity index (χ0n) is 9.96. The molecular formula is C12H18N2O2. The Kier molecular flexibility index (Phi) is 4.64. The van der Waals surface area contributed by atoms with Gasteiger partial charge in [0.1, 0.15) is 5.75 Å². The number of nitrogens with one attached hydrogen (secondary N) is 2. The molecule has 4 nitrogen and oxygen atoms in total. The summed E-state index contributed by atoms with van der Waals surface area (Å²) in [6.45, 7) is 4.64. The van der Waals surface area contributed by atoms with Crippen molar-refractivity contribution in [3.05, 3.63) is 23.8 Å². The van der Waals surface area contributed by atoms with E-state index in [9.17, 15) is 4.79 Å². The van der Waals surface area contributed by atoms with Crippen LogP contribution in [-0.2, 0) is 0 Å². The molecule has 1 aromatic carbocycles. The molecule has 0 fully saturated rings. The summed E-state index contributed by atoms with van der Waals surface area (Å²) < 4.78 is 5.16. The second-order valence-corrected chi connectivity index (χ2v) is 3.58. The number of carbonyl (C=O) groups excluding carboxylic acids is 1. The summed E-state index contributed by atoms with van der Waals surface area (Å²) >= 11 is 0. The molecule has 16 heavy (non-hydrogen) atoms. The van der Waals surface area contributed by atoms with Crippen LogP contribution in [-0.4, -0.2) is 19.7 Å². The SMILES string of the molecule is CCCNC(=O)Nc1cc(C)ccc1OC. The van der Waals surface area contributed by atoms with Crippen molar-refractivity contribution in [2.45, 2.75) is 20.3 Å². The van der Waals surface area contributed by atoms with Crippen molar-refractivity contribution >= 4 is 11.7 Å². The lowest BCUT2D eigenvalue weighted by molar-refractivity contribution is 0.252. The average molecular weight is 222 g/mol. The van der Waals surface area contributed by atoms with E-state index in [1.165, 1.54) is 0 Å². The number of aryl methyl sites for hydroxylation is 1. The van der Waals surface area contributed by atoms with Crippen LogP contribution in [0.25, 0.3) is 0 Å². The van der Waals surface area contributed by atoms with Gasteiger partial charge in [0.15, 0.2) is 0 Å². The largest absolute Gasteiger partial charge is 0.495 e. The van der Waals surface area contributed by atoms with Crippen LogP contribution in [0.2, 0.25) is 0 Å². The number of rotatable bonds is 4. The minimum absolute atomic E-state index is 0.203. The van der Waals surface area contributed by atoms with Crippen molar-refractivity contribution in [2.24, 2.45) is 0 Å². The molecule has 0 aliphatic heterocycles. The Morgan fingerprint density at radius 2 is 2.19 bits per heavy atom. The summed E-state index contributed by atoms with van der Waals surface area (Å²) in [7, 11) is 1.58. The van der Waals surface area contributed by atoms with Crippen molar-refractivity contribution in [1.29, 1.82) is 0 Å². The van der Waals surface area contributed by atoms with E-state index in [1.54, 1.807) is 7.11 Å². The lowest BCUT2D eigenvalue weighted by Crippen LogP contribution is -2.29. The Hall–Kier alpha value is -1.71. The zero-order valence-corrected chi connectivity index (χ0v) is 9.96. The highest BCUT2D eigenvalue weighted by atomic mass is 16.5. The number of benzene rings is 1. The molecule has 0 saturated carbocycles. The van der Waals surface area contributed by atoms with Gasteiger partial charge < -0.3 is 15.4 Å². The predicted molar refractivity (Wildman–Crippen MR) is 65.0 cm³/mol. The highest BCUT2D eigenvalue weighted by Gasteiger charge is 2.06. The molecule has 0 aromatic heterocycles. The molecule has 0 heterocycles. The number of methoxy groups -OCH3 is 1. The van der Waals surface area contributed by atoms with Gasteiger partial charge in [0.2, 0.25) is 0 Å². The number of hydrogen-bond donors (Lipinski definition) is 2. The van der Waals surface area contributed by atoms with E-state index in [-0.39, 0.29) is 6.03 Å². The first kappa shape index (κ1) is 12.4. The minimum Gasteiger partial charge on any atom is -0.495 e. The topological polar surface area (TPSA) is 50.4 Å². The molecule has 0 saturated heterocycles. The molecule has 2 amide bonds. The number of anilines is 1. The van der Waals surface area contributed by atoms with Crippen LogP contribution in [0.4, 0.5) is 10.5 Å². The molecule has 1 rings (SSSR count). The number of amides is 2. The first-order chi connectivity index (χ1) is 7.67. The van der Waals surface area contributed by atoms with E-state index in [0.29, 0.717) is 18.0 Å². The van der Waals surface area contributed by atoms with Gasteiger partial charge in [-0.3, -0.25) is 0 Å². The summed E-state index contributed by atoms with van der Waals surface area (Å²) in [5.41, 5.74) is 1.77. The Morgan fingerprint density at radius 1 is 1.44 bits per heavy atom. The van der Waals surface area contributed by atoms with Gasteiger partial charge in [-0.2, -0.15) is 0 Å². The van der Waals surface area contributed by atoms with Crippen molar-refractivity contribution in [2.75, 3.05) is 19.0 Å². The van der Waals surface area contributed by atoms with Gasteiger partial charge in [-0.25, -0.2) is 4.79 Å². The second-order valence-electron chi connectivity index (χ2n) is 3.58. The summed E-state index contributed by atoms with van der Waals surface area (Å²) in [5.74, 6) is 0.664. The van der Waals surface area contributed by atoms with Crippen LogP contribution >= 0.6 is 0 Å². The fourth-order valence-electron chi connectivity index (χ4n) is 1.32. The normalized spacial score (nSPS) is 9.69. The first-order valence-corrected chi connectivity index (χ1v) is 5.37. The van der Waals surface area contributed by atoms with Crippen LogP contribution in [0.1, 0.15) is 18.9 Å². The van der Waals surface area contributed by atoms with E-state index < -0.39 is 0 Å². The number of urea groups is 1. The highest BCUT2D eigenvalue weighted by Crippen LogP contribution is 2.24. The van der Waals surface area contributed by atoms with E-state index in [4.69, 9.17) is 4.74 Å². The van der Waals surface area contributed by atoms with Crippen molar-refractivity contribution in [3.8, 4) is 5.75 Å². The van der Waals surface area contributed by atoms with Crippen molar-refractivity contribution < 1.29 is 9.53 Å². The molecule has 0 bridgehead atoms. The standard InChI is InChI=1S/C12H18N2O2/c1-4-7-13-12(15)14-10-8-9(2)5-6-11(10)16-3/h5-6,8H,4,7H2,1-3H3,(H2,13,14,15). The molecule has 0 atom stereocenters. The molecule has 4 heteroatoms. The van der Waals surface area contributed by atoms with Gasteiger partial charge in [-0.05, 0) is 31.0 Å². The number of carbonyl (C=O) groups is 1. The van der Waals surface area contributed by atoms with Crippen LogP contribution in [0.5, 0.6) is 5.75 Å². The van der Waals surface area contributed by atoms with E-state index in [1.807, 2.05) is 32.0 Å². The van der Waals surface area contributed by atoms with E-state index in [0.717, 1.165) is 12.0 Å². The van der Waals surface area contributed by atoms with Crippen molar-refractivity contribution in [3.63, 3.8) is 0 Å². The molecule has 2 N–H and O–H groups in total. The van der Waals surface area contributed by atoms with E-state index >= 15 is 0 Å². The third-order valence-electron chi connectivity index (χ3n) is 2.14. The molecule has 1 aromatic rings. The fourth-order valence-corrected chi connectivity index (χ4v) is 1.32. The Morgan fingerprint density at radius 3 is 2.81 bits per heavy atom. The van der Waals surface area contributed by atoms with Gasteiger partial charge in [-0.1, -0.05) is 13.0 Å². The minimum atomic E-state index is -0.203. The molecule has 0 spiro atoms. The molecule has 0 unspecified atom stereocenters. The second kappa shape index (κ2) is 6.00. The number of hydrogen-bond acceptors (Lipinski definition) is 2. The molecule has 0 aliphatic rings. The van der Waals surface area contributed by atoms with Crippen LogP contribution in [0.15, 0.2) is 18.2 Å². The summed E-state index contributed by atoms with van der Waals surface area (Å²) in [5, 5.41) is 5.51. The highest BCUT2D eigenvalue weighted by molar-refractivity contribution is 5.91. The first-order valence-electron chi connectivity index (χ1n) is 5.37.